The number of aromatic amines is 1. The normalized spacial score (nSPS) is 11.3. The SMILES string of the molecule is CCOC(=O)CSc1nc2c([nH]c3ccccc32)c(=O)n1CCOC. The summed E-state index contributed by atoms with van der Waals surface area (Å²) in [5, 5.41) is 1.36. The number of benzene rings is 1. The minimum Gasteiger partial charge on any atom is -0.465 e. The summed E-state index contributed by atoms with van der Waals surface area (Å²) in [4.78, 5) is 32.3. The maximum absolute atomic E-state index is 12.9. The first-order valence-corrected chi connectivity index (χ1v) is 8.93. The number of rotatable bonds is 7. The molecule has 0 saturated heterocycles. The molecule has 2 heterocycles. The number of esters is 1. The summed E-state index contributed by atoms with van der Waals surface area (Å²) in [5.41, 5.74) is 1.75. The average molecular weight is 361 g/mol. The van der Waals surface area contributed by atoms with E-state index < -0.39 is 0 Å². The molecule has 0 unspecified atom stereocenters. The number of thioether (sulfide) groups is 1. The number of hydrogen-bond donors (Lipinski definition) is 1. The number of nitrogens with one attached hydrogen (secondary N) is 1. The topological polar surface area (TPSA) is 86.2 Å². The molecule has 3 aromatic rings. The lowest BCUT2D eigenvalue weighted by molar-refractivity contribution is -0.139. The third kappa shape index (κ3) is 3.54. The van der Waals surface area contributed by atoms with Crippen LogP contribution in [-0.4, -0.2) is 46.6 Å². The van der Waals surface area contributed by atoms with Crippen molar-refractivity contribution >= 4 is 39.7 Å². The largest absolute Gasteiger partial charge is 0.465 e. The van der Waals surface area contributed by atoms with Crippen LogP contribution in [0.15, 0.2) is 34.2 Å². The van der Waals surface area contributed by atoms with Crippen LogP contribution < -0.4 is 5.56 Å². The van der Waals surface area contributed by atoms with Gasteiger partial charge in [-0.05, 0) is 13.0 Å². The molecule has 0 fully saturated rings. The fourth-order valence-electron chi connectivity index (χ4n) is 2.59. The van der Waals surface area contributed by atoms with Crippen LogP contribution in [0.5, 0.6) is 0 Å². The van der Waals surface area contributed by atoms with E-state index in [9.17, 15) is 9.59 Å². The number of H-pyrrole nitrogens is 1. The van der Waals surface area contributed by atoms with E-state index in [4.69, 9.17) is 9.47 Å². The van der Waals surface area contributed by atoms with Crippen molar-refractivity contribution in [3.63, 3.8) is 0 Å². The lowest BCUT2D eigenvalue weighted by Crippen LogP contribution is -2.25. The zero-order valence-electron chi connectivity index (χ0n) is 14.1. The highest BCUT2D eigenvalue weighted by molar-refractivity contribution is 7.99. The van der Waals surface area contributed by atoms with Gasteiger partial charge < -0.3 is 14.5 Å². The number of fused-ring (bicyclic) bond motifs is 3. The molecule has 2 aromatic heterocycles. The number of ether oxygens (including phenoxy) is 2. The van der Waals surface area contributed by atoms with Gasteiger partial charge >= 0.3 is 5.97 Å². The van der Waals surface area contributed by atoms with Gasteiger partial charge in [-0.3, -0.25) is 14.2 Å². The van der Waals surface area contributed by atoms with Gasteiger partial charge in [0, 0.05) is 18.0 Å². The Morgan fingerprint density at radius 2 is 2.16 bits per heavy atom. The Morgan fingerprint density at radius 1 is 1.36 bits per heavy atom. The summed E-state index contributed by atoms with van der Waals surface area (Å²) in [5.74, 6) is -0.236. The highest BCUT2D eigenvalue weighted by Gasteiger charge is 2.16. The second-order valence-electron chi connectivity index (χ2n) is 5.33. The first kappa shape index (κ1) is 17.5. The molecular formula is C17H19N3O4S. The van der Waals surface area contributed by atoms with Gasteiger partial charge in [-0.25, -0.2) is 4.98 Å². The van der Waals surface area contributed by atoms with Crippen LogP contribution in [0.25, 0.3) is 21.9 Å². The summed E-state index contributed by atoms with van der Waals surface area (Å²) in [6.07, 6.45) is 0. The summed E-state index contributed by atoms with van der Waals surface area (Å²) < 4.78 is 11.6. The van der Waals surface area contributed by atoms with Crippen LogP contribution in [0.2, 0.25) is 0 Å². The van der Waals surface area contributed by atoms with E-state index in [-0.39, 0.29) is 17.3 Å². The van der Waals surface area contributed by atoms with Gasteiger partial charge in [-0.2, -0.15) is 0 Å². The van der Waals surface area contributed by atoms with Crippen molar-refractivity contribution in [2.45, 2.75) is 18.6 Å². The molecule has 3 rings (SSSR count). The minimum absolute atomic E-state index is 0.0983. The molecule has 8 heteroatoms. The molecule has 0 saturated carbocycles. The van der Waals surface area contributed by atoms with E-state index in [1.54, 1.807) is 14.0 Å². The number of nitrogens with zero attached hydrogens (tertiary/aromatic N) is 2. The Kier molecular flexibility index (Phi) is 5.40. The molecule has 0 amide bonds. The molecule has 1 aromatic carbocycles. The molecule has 0 radical (unpaired) electrons. The van der Waals surface area contributed by atoms with Crippen LogP contribution >= 0.6 is 11.8 Å². The van der Waals surface area contributed by atoms with Gasteiger partial charge in [0.1, 0.15) is 11.0 Å². The minimum atomic E-state index is -0.334. The van der Waals surface area contributed by atoms with Gasteiger partial charge in [0.05, 0.1) is 25.5 Å². The molecule has 132 valence electrons. The van der Waals surface area contributed by atoms with Gasteiger partial charge in [0.15, 0.2) is 5.16 Å². The Hall–Kier alpha value is -2.32. The predicted molar refractivity (Wildman–Crippen MR) is 97.1 cm³/mol. The third-order valence-electron chi connectivity index (χ3n) is 3.72. The summed E-state index contributed by atoms with van der Waals surface area (Å²) in [6, 6.07) is 7.62. The monoisotopic (exact) mass is 361 g/mol. The van der Waals surface area contributed by atoms with Crippen LogP contribution in [0.4, 0.5) is 0 Å². The fraction of sp³-hybridized carbons (Fsp3) is 0.353. The van der Waals surface area contributed by atoms with E-state index in [1.165, 1.54) is 16.3 Å². The van der Waals surface area contributed by atoms with Crippen molar-refractivity contribution in [1.82, 2.24) is 14.5 Å². The number of para-hydroxylation sites is 1. The zero-order chi connectivity index (χ0) is 17.8. The van der Waals surface area contributed by atoms with E-state index in [0.29, 0.717) is 35.9 Å². The first-order valence-electron chi connectivity index (χ1n) is 7.94. The Morgan fingerprint density at radius 3 is 2.92 bits per heavy atom. The molecule has 0 aliphatic heterocycles. The molecule has 0 aliphatic carbocycles. The molecule has 0 spiro atoms. The van der Waals surface area contributed by atoms with Crippen molar-refractivity contribution in [2.75, 3.05) is 26.1 Å². The number of carbonyl (C=O) groups is 1. The smallest absolute Gasteiger partial charge is 0.316 e. The van der Waals surface area contributed by atoms with Crippen LogP contribution in [0.3, 0.4) is 0 Å². The zero-order valence-corrected chi connectivity index (χ0v) is 14.9. The number of hydrogen-bond acceptors (Lipinski definition) is 6. The molecule has 7 nitrogen and oxygen atoms in total. The van der Waals surface area contributed by atoms with Crippen LogP contribution in [0, 0.1) is 0 Å². The van der Waals surface area contributed by atoms with Gasteiger partial charge in [-0.1, -0.05) is 30.0 Å². The van der Waals surface area contributed by atoms with Gasteiger partial charge in [0.2, 0.25) is 0 Å². The van der Waals surface area contributed by atoms with E-state index >= 15 is 0 Å². The van der Waals surface area contributed by atoms with Crippen LogP contribution in [0.1, 0.15) is 6.92 Å². The predicted octanol–water partition coefficient (Wildman–Crippen LogP) is 2.18. The summed E-state index contributed by atoms with van der Waals surface area (Å²) >= 11 is 1.19. The van der Waals surface area contributed by atoms with Crippen molar-refractivity contribution in [2.24, 2.45) is 0 Å². The molecular weight excluding hydrogens is 342 g/mol. The average Bonchev–Trinajstić information content (AvgIpc) is 2.99. The third-order valence-corrected chi connectivity index (χ3v) is 4.67. The first-order chi connectivity index (χ1) is 12.2. The Bertz CT molecular complexity index is 964. The summed E-state index contributed by atoms with van der Waals surface area (Å²) in [7, 11) is 1.57. The van der Waals surface area contributed by atoms with E-state index in [0.717, 1.165) is 10.9 Å². The van der Waals surface area contributed by atoms with Crippen molar-refractivity contribution in [1.29, 1.82) is 0 Å². The number of carbonyl (C=O) groups excluding carboxylic acids is 1. The lowest BCUT2D eigenvalue weighted by Gasteiger charge is -2.11. The highest BCUT2D eigenvalue weighted by Crippen LogP contribution is 2.24. The molecule has 0 bridgehead atoms. The summed E-state index contributed by atoms with van der Waals surface area (Å²) in [6.45, 7) is 2.82. The quantitative estimate of drug-likeness (QED) is 0.394. The fourth-order valence-corrected chi connectivity index (χ4v) is 3.41. The lowest BCUT2D eigenvalue weighted by atomic mass is 10.2. The molecule has 0 aliphatic rings. The number of aromatic nitrogens is 3. The molecule has 25 heavy (non-hydrogen) atoms. The van der Waals surface area contributed by atoms with Crippen molar-refractivity contribution < 1.29 is 14.3 Å². The Labute approximate surface area is 148 Å². The van der Waals surface area contributed by atoms with Gasteiger partial charge in [-0.15, -0.1) is 0 Å². The van der Waals surface area contributed by atoms with E-state index in [2.05, 4.69) is 9.97 Å². The Balaban J connectivity index is 2.09. The maximum Gasteiger partial charge on any atom is 0.316 e. The van der Waals surface area contributed by atoms with E-state index in [1.807, 2.05) is 24.3 Å². The van der Waals surface area contributed by atoms with Crippen molar-refractivity contribution in [3.8, 4) is 0 Å². The maximum atomic E-state index is 12.9. The van der Waals surface area contributed by atoms with Crippen LogP contribution in [-0.2, 0) is 20.8 Å². The second-order valence-corrected chi connectivity index (χ2v) is 6.27. The second kappa shape index (κ2) is 7.71. The molecule has 0 atom stereocenters. The molecule has 1 N–H and O–H groups in total. The standard InChI is InChI=1S/C17H19N3O4S/c1-3-24-13(21)10-25-17-19-14-11-6-4-5-7-12(11)18-15(14)16(22)20(17)8-9-23-2/h4-7,18H,3,8-10H2,1-2H3. The number of methoxy groups -OCH3 is 1. The highest BCUT2D eigenvalue weighted by atomic mass is 32.2. The van der Waals surface area contributed by atoms with Gasteiger partial charge in [0.25, 0.3) is 5.56 Å². The van der Waals surface area contributed by atoms with Crippen molar-refractivity contribution in [3.05, 3.63) is 34.6 Å².